The summed E-state index contributed by atoms with van der Waals surface area (Å²) in [5.74, 6) is -1.43. The van der Waals surface area contributed by atoms with Gasteiger partial charge in [-0.25, -0.2) is 5.43 Å². The first kappa shape index (κ1) is 18.9. The third-order valence-corrected chi connectivity index (χ3v) is 3.13. The van der Waals surface area contributed by atoms with Crippen LogP contribution in [0.1, 0.15) is 12.5 Å². The zero-order valence-corrected chi connectivity index (χ0v) is 14.3. The number of hydrazone groups is 1. The maximum absolute atomic E-state index is 11.5. The van der Waals surface area contributed by atoms with Gasteiger partial charge in [0.1, 0.15) is 0 Å². The van der Waals surface area contributed by atoms with Crippen LogP contribution in [0.15, 0.2) is 21.7 Å². The molecule has 0 atom stereocenters. The van der Waals surface area contributed by atoms with Crippen LogP contribution in [0.3, 0.4) is 0 Å². The molecule has 0 fully saturated rings. The van der Waals surface area contributed by atoms with Crippen LogP contribution in [-0.2, 0) is 14.3 Å². The van der Waals surface area contributed by atoms with Crippen molar-refractivity contribution in [1.82, 2.24) is 10.7 Å². The fourth-order valence-corrected chi connectivity index (χ4v) is 1.96. The Hall–Kier alpha value is -2.13. The molecular formula is C14H18BrN3O5. The number of ether oxygens (including phenoxy) is 2. The summed E-state index contributed by atoms with van der Waals surface area (Å²) in [7, 11) is 1.49. The topological polar surface area (TPSA) is 109 Å². The summed E-state index contributed by atoms with van der Waals surface area (Å²) in [5, 5.41) is 15.8. The van der Waals surface area contributed by atoms with Gasteiger partial charge in [0, 0.05) is 13.7 Å². The van der Waals surface area contributed by atoms with Crippen LogP contribution in [0.2, 0.25) is 0 Å². The molecule has 0 aliphatic carbocycles. The van der Waals surface area contributed by atoms with Crippen LogP contribution in [0.25, 0.3) is 0 Å². The molecule has 8 nitrogen and oxygen atoms in total. The van der Waals surface area contributed by atoms with Crippen molar-refractivity contribution in [3.05, 3.63) is 22.2 Å². The highest BCUT2D eigenvalue weighted by Gasteiger charge is 2.12. The average Bonchev–Trinajstić information content (AvgIpc) is 2.52. The predicted molar refractivity (Wildman–Crippen MR) is 87.6 cm³/mol. The third kappa shape index (κ3) is 6.25. The number of nitrogens with one attached hydrogen (secondary N) is 2. The van der Waals surface area contributed by atoms with E-state index in [-0.39, 0.29) is 18.0 Å². The van der Waals surface area contributed by atoms with Gasteiger partial charge in [-0.2, -0.15) is 5.10 Å². The van der Waals surface area contributed by atoms with E-state index in [1.165, 1.54) is 13.3 Å². The normalized spacial score (nSPS) is 10.6. The molecule has 1 aromatic carbocycles. The number of nitrogens with zero attached hydrogens (tertiary/aromatic N) is 1. The lowest BCUT2D eigenvalue weighted by molar-refractivity contribution is -0.139. The molecule has 1 aromatic rings. The van der Waals surface area contributed by atoms with Crippen molar-refractivity contribution in [2.45, 2.75) is 6.92 Å². The van der Waals surface area contributed by atoms with E-state index in [4.69, 9.17) is 9.47 Å². The highest BCUT2D eigenvalue weighted by atomic mass is 79.9. The van der Waals surface area contributed by atoms with Crippen molar-refractivity contribution in [2.75, 3.05) is 26.9 Å². The molecular weight excluding hydrogens is 370 g/mol. The zero-order chi connectivity index (χ0) is 17.2. The average molecular weight is 388 g/mol. The lowest BCUT2D eigenvalue weighted by Gasteiger charge is -2.08. The minimum Gasteiger partial charge on any atom is -0.503 e. The number of phenols is 1. The highest BCUT2D eigenvalue weighted by molar-refractivity contribution is 9.10. The number of hydrogen-bond donors (Lipinski definition) is 3. The molecule has 126 valence electrons. The van der Waals surface area contributed by atoms with Gasteiger partial charge in [-0.3, -0.25) is 9.59 Å². The second-order valence-corrected chi connectivity index (χ2v) is 5.08. The lowest BCUT2D eigenvalue weighted by atomic mass is 10.2. The van der Waals surface area contributed by atoms with Gasteiger partial charge in [-0.15, -0.1) is 0 Å². The van der Waals surface area contributed by atoms with Gasteiger partial charge >= 0.3 is 11.8 Å². The molecule has 0 spiro atoms. The molecule has 0 aliphatic heterocycles. The summed E-state index contributed by atoms with van der Waals surface area (Å²) >= 11 is 3.19. The van der Waals surface area contributed by atoms with Crippen molar-refractivity contribution in [2.24, 2.45) is 5.10 Å². The van der Waals surface area contributed by atoms with Gasteiger partial charge in [0.2, 0.25) is 0 Å². The minimum atomic E-state index is -0.889. The number of hydrogen-bond acceptors (Lipinski definition) is 6. The van der Waals surface area contributed by atoms with Crippen LogP contribution in [0, 0.1) is 0 Å². The number of rotatable bonds is 7. The van der Waals surface area contributed by atoms with E-state index in [2.05, 4.69) is 31.8 Å². The Kier molecular flexibility index (Phi) is 8.06. The number of carbonyl (C=O) groups excluding carboxylic acids is 2. The van der Waals surface area contributed by atoms with Crippen LogP contribution < -0.4 is 15.5 Å². The smallest absolute Gasteiger partial charge is 0.329 e. The Balaban J connectivity index is 2.64. The van der Waals surface area contributed by atoms with Crippen molar-refractivity contribution < 1.29 is 24.2 Å². The standard InChI is InChI=1S/C14H18BrN3O5/c1-3-23-11-7-9(6-10(15)12(11)19)8-17-18-14(21)13(20)16-4-5-22-2/h6-8,19H,3-5H2,1-2H3,(H,16,20)(H,18,21)/b17-8-. The molecule has 0 saturated heterocycles. The summed E-state index contributed by atoms with van der Waals surface area (Å²) in [6.07, 6.45) is 1.33. The van der Waals surface area contributed by atoms with Gasteiger partial charge in [0.15, 0.2) is 11.5 Å². The summed E-state index contributed by atoms with van der Waals surface area (Å²) in [5.41, 5.74) is 2.67. The van der Waals surface area contributed by atoms with E-state index in [0.717, 1.165) is 0 Å². The summed E-state index contributed by atoms with van der Waals surface area (Å²) in [4.78, 5) is 22.9. The fraction of sp³-hybridized carbons (Fsp3) is 0.357. The molecule has 0 bridgehead atoms. The van der Waals surface area contributed by atoms with Crippen LogP contribution >= 0.6 is 15.9 Å². The van der Waals surface area contributed by atoms with E-state index in [0.29, 0.717) is 23.2 Å². The summed E-state index contributed by atoms with van der Waals surface area (Å²) < 4.78 is 10.4. The Morgan fingerprint density at radius 3 is 2.78 bits per heavy atom. The van der Waals surface area contributed by atoms with E-state index in [9.17, 15) is 14.7 Å². The molecule has 2 amide bonds. The number of benzene rings is 1. The van der Waals surface area contributed by atoms with Crippen molar-refractivity contribution in [1.29, 1.82) is 0 Å². The molecule has 3 N–H and O–H groups in total. The molecule has 0 heterocycles. The second-order valence-electron chi connectivity index (χ2n) is 4.23. The third-order valence-electron chi connectivity index (χ3n) is 2.53. The van der Waals surface area contributed by atoms with Crippen LogP contribution in [-0.4, -0.2) is 50.0 Å². The van der Waals surface area contributed by atoms with Gasteiger partial charge in [-0.05, 0) is 40.5 Å². The first-order chi connectivity index (χ1) is 11.0. The summed E-state index contributed by atoms with van der Waals surface area (Å²) in [6, 6.07) is 3.14. The molecule has 9 heteroatoms. The minimum absolute atomic E-state index is 0.0226. The van der Waals surface area contributed by atoms with Crippen molar-refractivity contribution >= 4 is 34.0 Å². The highest BCUT2D eigenvalue weighted by Crippen LogP contribution is 2.34. The number of amides is 2. The molecule has 1 rings (SSSR count). The van der Waals surface area contributed by atoms with Crippen molar-refractivity contribution in [3.63, 3.8) is 0 Å². The number of aromatic hydroxyl groups is 1. The van der Waals surface area contributed by atoms with Crippen molar-refractivity contribution in [3.8, 4) is 11.5 Å². The SMILES string of the molecule is CCOc1cc(/C=N\NC(=O)C(=O)NCCOC)cc(Br)c1O. The second kappa shape index (κ2) is 9.80. The molecule has 0 radical (unpaired) electrons. The Labute approximate surface area is 142 Å². The first-order valence-corrected chi connectivity index (χ1v) is 7.54. The molecule has 0 unspecified atom stereocenters. The van der Waals surface area contributed by atoms with Crippen LogP contribution in [0.4, 0.5) is 0 Å². The summed E-state index contributed by atoms with van der Waals surface area (Å²) in [6.45, 7) is 2.72. The van der Waals surface area contributed by atoms with Gasteiger partial charge in [-0.1, -0.05) is 0 Å². The fourth-order valence-electron chi connectivity index (χ4n) is 1.50. The van der Waals surface area contributed by atoms with E-state index in [1.807, 2.05) is 0 Å². The first-order valence-electron chi connectivity index (χ1n) is 6.75. The Bertz CT molecular complexity index is 592. The van der Waals surface area contributed by atoms with Gasteiger partial charge < -0.3 is 19.9 Å². The maximum Gasteiger partial charge on any atom is 0.329 e. The largest absolute Gasteiger partial charge is 0.503 e. The van der Waals surface area contributed by atoms with E-state index in [1.54, 1.807) is 19.1 Å². The number of halogens is 1. The monoisotopic (exact) mass is 387 g/mol. The lowest BCUT2D eigenvalue weighted by Crippen LogP contribution is -2.39. The van der Waals surface area contributed by atoms with Gasteiger partial charge in [0.25, 0.3) is 0 Å². The number of carbonyl (C=O) groups is 2. The Morgan fingerprint density at radius 1 is 1.39 bits per heavy atom. The van der Waals surface area contributed by atoms with Crippen LogP contribution in [0.5, 0.6) is 11.5 Å². The maximum atomic E-state index is 11.5. The Morgan fingerprint density at radius 2 is 2.13 bits per heavy atom. The quantitative estimate of drug-likeness (QED) is 0.277. The molecule has 0 saturated carbocycles. The predicted octanol–water partition coefficient (Wildman–Crippen LogP) is 0.766. The molecule has 0 aliphatic rings. The molecule has 23 heavy (non-hydrogen) atoms. The van der Waals surface area contributed by atoms with E-state index >= 15 is 0 Å². The number of phenolic OH excluding ortho intramolecular Hbond substituents is 1. The molecule has 0 aromatic heterocycles. The zero-order valence-electron chi connectivity index (χ0n) is 12.8. The van der Waals surface area contributed by atoms with E-state index < -0.39 is 11.8 Å². The number of methoxy groups -OCH3 is 1. The van der Waals surface area contributed by atoms with Gasteiger partial charge in [0.05, 0.1) is 23.9 Å².